The number of hydrogen-bond acceptors (Lipinski definition) is 19. The minimum atomic E-state index is -1.90. The summed E-state index contributed by atoms with van der Waals surface area (Å²) in [5.41, 5.74) is 23.1. The van der Waals surface area contributed by atoms with Gasteiger partial charge >= 0.3 is 0 Å². The average Bonchev–Trinajstić information content (AvgIpc) is 3.38. The molecule has 1 saturated heterocycles. The Labute approximate surface area is 467 Å². The van der Waals surface area contributed by atoms with Gasteiger partial charge in [-0.3, -0.25) is 52.7 Å². The number of nitrogens with one attached hydrogen (secondary N) is 11. The van der Waals surface area contributed by atoms with Gasteiger partial charge in [-0.2, -0.15) is 0 Å². The van der Waals surface area contributed by atoms with Crippen LogP contribution in [0.3, 0.4) is 0 Å². The highest BCUT2D eigenvalue weighted by Crippen LogP contribution is 2.11. The second-order valence-corrected chi connectivity index (χ2v) is 20.4. The molecule has 1 heterocycles. The van der Waals surface area contributed by atoms with E-state index in [1.54, 1.807) is 13.8 Å². The van der Waals surface area contributed by atoms with E-state index in [2.05, 4.69) is 65.4 Å². The second-order valence-electron chi connectivity index (χ2n) is 20.4. The number of nitrogens with two attached hydrogens (primary N) is 4. The van der Waals surface area contributed by atoms with Crippen LogP contribution in [0.4, 0.5) is 0 Å². The van der Waals surface area contributed by atoms with Gasteiger partial charge in [-0.05, 0) is 97.8 Å². The van der Waals surface area contributed by atoms with Crippen molar-refractivity contribution in [3.63, 3.8) is 0 Å². The zero-order valence-electron chi connectivity index (χ0n) is 47.1. The van der Waals surface area contributed by atoms with E-state index >= 15 is 0 Å². The van der Waals surface area contributed by atoms with Gasteiger partial charge in [0.05, 0.1) is 24.9 Å². The van der Waals surface area contributed by atoms with Crippen molar-refractivity contribution in [2.75, 3.05) is 39.3 Å². The smallest absolute Gasteiger partial charge is 0.245 e. The minimum absolute atomic E-state index is 0.0422. The van der Waals surface area contributed by atoms with Crippen LogP contribution < -0.4 is 81.4 Å². The van der Waals surface area contributed by atoms with Gasteiger partial charge in [-0.15, -0.1) is 0 Å². The third-order valence-corrected chi connectivity index (χ3v) is 12.8. The summed E-state index contributed by atoms with van der Waals surface area (Å²) in [6.07, 6.45) is -0.527. The first-order chi connectivity index (χ1) is 37.8. The van der Waals surface area contributed by atoms with Gasteiger partial charge < -0.3 is 102 Å². The Balaban J connectivity index is 3.73. The van der Waals surface area contributed by atoms with Crippen molar-refractivity contribution >= 4 is 65.0 Å². The summed E-state index contributed by atoms with van der Waals surface area (Å²) in [6.45, 7) is 6.73. The fourth-order valence-electron chi connectivity index (χ4n) is 8.28. The standard InChI is InChI=1S/C50H93N15O15/c1-7-8-9-10-11-12-13-37(70)56-30(14-19-51)44(74)64-40(29(6)69)50(80)62-36(25-66)47(77)59-34-18-23-55-48(78)38(27(4)67)63-45(75)33(17-22-54)58-41(71)32(16-21-53)60-49(79)39(28(5)68)65-46(76)35(24-26(2)3)61-42(72)31(15-20-52)57-43(34)73/h26-36,38-40,66-69H,7-25,51-54H2,1-6H3,(H,55,78)(H,56,70)(H,57,73)(H,58,71)(H,59,77)(H,60,79)(H,61,72)(H,62,80)(H,63,75)(H,64,74)(H,65,76)/t27-,28-,29-,30+,31+,32+,33+,34+,35-,36-,38+,39+,40+/m1/s1. The molecule has 1 aliphatic heterocycles. The zero-order chi connectivity index (χ0) is 60.6. The molecule has 0 spiro atoms. The quantitative estimate of drug-likeness (QED) is 0.0324. The first-order valence-corrected chi connectivity index (χ1v) is 27.6. The van der Waals surface area contributed by atoms with Crippen LogP contribution in [0.1, 0.15) is 125 Å². The van der Waals surface area contributed by atoms with Gasteiger partial charge in [-0.1, -0.05) is 52.9 Å². The number of aliphatic hydroxyl groups is 4. The lowest BCUT2D eigenvalue weighted by Crippen LogP contribution is -2.62. The summed E-state index contributed by atoms with van der Waals surface area (Å²) in [5, 5.41) is 69.0. The number of carbonyl (C=O) groups is 11. The van der Waals surface area contributed by atoms with Crippen LogP contribution in [0.15, 0.2) is 0 Å². The summed E-state index contributed by atoms with van der Waals surface area (Å²) in [6, 6.07) is -16.0. The van der Waals surface area contributed by atoms with Crippen LogP contribution in [0, 0.1) is 5.92 Å². The van der Waals surface area contributed by atoms with E-state index in [-0.39, 0.29) is 70.6 Å². The highest BCUT2D eigenvalue weighted by Gasteiger charge is 2.38. The predicted molar refractivity (Wildman–Crippen MR) is 291 cm³/mol. The zero-order valence-corrected chi connectivity index (χ0v) is 47.1. The molecule has 1 fully saturated rings. The Morgan fingerprint density at radius 3 is 1.51 bits per heavy atom. The summed E-state index contributed by atoms with van der Waals surface area (Å²) in [7, 11) is 0. The maximum Gasteiger partial charge on any atom is 0.245 e. The van der Waals surface area contributed by atoms with Crippen molar-refractivity contribution in [1.82, 2.24) is 58.5 Å². The van der Waals surface area contributed by atoms with E-state index in [4.69, 9.17) is 22.9 Å². The van der Waals surface area contributed by atoms with Gasteiger partial charge in [-0.25, -0.2) is 0 Å². The molecule has 0 saturated carbocycles. The highest BCUT2D eigenvalue weighted by atomic mass is 16.3. The van der Waals surface area contributed by atoms with Crippen molar-refractivity contribution < 1.29 is 73.2 Å². The summed E-state index contributed by atoms with van der Waals surface area (Å²) in [4.78, 5) is 151. The minimum Gasteiger partial charge on any atom is -0.394 e. The number of rotatable bonds is 28. The molecule has 30 heteroatoms. The molecule has 0 radical (unpaired) electrons. The van der Waals surface area contributed by atoms with Crippen LogP contribution in [0.25, 0.3) is 0 Å². The van der Waals surface area contributed by atoms with Crippen molar-refractivity contribution in [3.8, 4) is 0 Å². The lowest BCUT2D eigenvalue weighted by Gasteiger charge is -2.29. The Morgan fingerprint density at radius 2 is 1.02 bits per heavy atom. The molecule has 30 nitrogen and oxygen atoms in total. The van der Waals surface area contributed by atoms with Crippen molar-refractivity contribution in [2.45, 2.75) is 204 Å². The average molecular weight is 1140 g/mol. The largest absolute Gasteiger partial charge is 0.394 e. The Morgan fingerprint density at radius 1 is 0.550 bits per heavy atom. The molecule has 0 aliphatic carbocycles. The Hall–Kier alpha value is -6.15. The van der Waals surface area contributed by atoms with Crippen molar-refractivity contribution in [1.29, 1.82) is 0 Å². The molecule has 0 aromatic heterocycles. The first kappa shape index (κ1) is 71.9. The molecule has 13 atom stereocenters. The third-order valence-electron chi connectivity index (χ3n) is 12.8. The maximum atomic E-state index is 14.3. The molecule has 11 amide bonds. The normalized spacial score (nSPS) is 23.6. The third kappa shape index (κ3) is 26.0. The number of unbranched alkanes of at least 4 members (excludes halogenated alkanes) is 5. The number of carbonyl (C=O) groups excluding carboxylic acids is 11. The van der Waals surface area contributed by atoms with E-state index in [9.17, 15) is 73.2 Å². The molecule has 1 rings (SSSR count). The monoisotopic (exact) mass is 1140 g/mol. The first-order valence-electron chi connectivity index (χ1n) is 27.6. The molecular formula is C50H93N15O15. The van der Waals surface area contributed by atoms with Crippen molar-refractivity contribution in [3.05, 3.63) is 0 Å². The van der Waals surface area contributed by atoms with E-state index in [0.717, 1.165) is 46.0 Å². The fraction of sp³-hybridized carbons (Fsp3) is 0.780. The molecule has 458 valence electrons. The lowest BCUT2D eigenvalue weighted by atomic mass is 10.0. The SMILES string of the molecule is CCCCCCCCC(=O)N[C@@H](CCN)C(=O)N[C@H](C(=O)N[C@H](CO)C(=O)N[C@H]1CCNC(=O)[C@H]([C@@H](C)O)NC(=O)[C@H](CCN)NC(=O)[C@H](CCN)NC(=O)[C@H]([C@@H](C)O)NC(=O)[C@@H](CC(C)C)NC(=O)[C@H](CCN)NC1=O)[C@@H](C)O. The molecule has 23 N–H and O–H groups in total. The highest BCUT2D eigenvalue weighted by molar-refractivity contribution is 5.99. The molecule has 0 aromatic carbocycles. The van der Waals surface area contributed by atoms with E-state index < -0.39 is 163 Å². The number of aliphatic hydroxyl groups excluding tert-OH is 4. The summed E-state index contributed by atoms with van der Waals surface area (Å²) < 4.78 is 0. The molecule has 0 bridgehead atoms. The van der Waals surface area contributed by atoms with Crippen LogP contribution in [-0.2, 0) is 52.7 Å². The summed E-state index contributed by atoms with van der Waals surface area (Å²) >= 11 is 0. The molecular weight excluding hydrogens is 1050 g/mol. The molecule has 80 heavy (non-hydrogen) atoms. The number of hydrogen-bond donors (Lipinski definition) is 19. The Kier molecular flexibility index (Phi) is 34.6. The summed E-state index contributed by atoms with van der Waals surface area (Å²) in [5.74, 6) is -11.1. The van der Waals surface area contributed by atoms with Gasteiger partial charge in [0.2, 0.25) is 65.0 Å². The van der Waals surface area contributed by atoms with E-state index in [0.29, 0.717) is 6.42 Å². The van der Waals surface area contributed by atoms with Gasteiger partial charge in [0.15, 0.2) is 0 Å². The van der Waals surface area contributed by atoms with E-state index in [1.165, 1.54) is 6.92 Å². The number of amides is 11. The van der Waals surface area contributed by atoms with E-state index in [1.807, 2.05) is 0 Å². The van der Waals surface area contributed by atoms with Crippen LogP contribution in [-0.4, -0.2) is 203 Å². The molecule has 0 unspecified atom stereocenters. The van der Waals surface area contributed by atoms with Gasteiger partial charge in [0, 0.05) is 13.0 Å². The topological polar surface area (TPSA) is 505 Å². The lowest BCUT2D eigenvalue weighted by molar-refractivity contribution is -0.137. The van der Waals surface area contributed by atoms with Crippen molar-refractivity contribution in [2.24, 2.45) is 28.9 Å². The van der Waals surface area contributed by atoms with Gasteiger partial charge in [0.1, 0.15) is 60.4 Å². The molecule has 1 aliphatic rings. The molecule has 0 aromatic rings. The van der Waals surface area contributed by atoms with Crippen LogP contribution in [0.5, 0.6) is 0 Å². The predicted octanol–water partition coefficient (Wildman–Crippen LogP) is -7.32. The van der Waals surface area contributed by atoms with Crippen LogP contribution in [0.2, 0.25) is 0 Å². The fourth-order valence-corrected chi connectivity index (χ4v) is 8.28. The second kappa shape index (κ2) is 38.5. The maximum absolute atomic E-state index is 14.3. The van der Waals surface area contributed by atoms with Gasteiger partial charge in [0.25, 0.3) is 0 Å². The Bertz CT molecular complexity index is 2020. The van der Waals surface area contributed by atoms with Crippen LogP contribution >= 0.6 is 0 Å².